The molecule has 0 fully saturated rings. The van der Waals surface area contributed by atoms with E-state index in [0.29, 0.717) is 41.5 Å². The van der Waals surface area contributed by atoms with Crippen LogP contribution in [0.15, 0.2) is 64.5 Å². The first-order valence-corrected chi connectivity index (χ1v) is 12.3. The number of aromatic nitrogens is 2. The fourth-order valence-corrected chi connectivity index (χ4v) is 5.44. The van der Waals surface area contributed by atoms with Crippen molar-refractivity contribution in [3.8, 4) is 0 Å². The Morgan fingerprint density at radius 2 is 1.94 bits per heavy atom. The van der Waals surface area contributed by atoms with E-state index in [4.69, 9.17) is 9.72 Å². The van der Waals surface area contributed by atoms with Crippen LogP contribution in [0.4, 0.5) is 0 Å². The molecule has 2 aromatic heterocycles. The maximum atomic E-state index is 13.3. The van der Waals surface area contributed by atoms with Crippen molar-refractivity contribution in [2.75, 3.05) is 26.0 Å². The van der Waals surface area contributed by atoms with Crippen molar-refractivity contribution in [1.82, 2.24) is 14.9 Å². The molecule has 8 heteroatoms. The Kier molecular flexibility index (Phi) is 7.57. The summed E-state index contributed by atoms with van der Waals surface area (Å²) in [5.74, 6) is 0.137. The Bertz CT molecular complexity index is 1270. The average molecular weight is 468 g/mol. The minimum absolute atomic E-state index is 0.0562. The third-order valence-electron chi connectivity index (χ3n) is 5.09. The molecular formula is C24H25N3O3S2. The number of hydrogen-bond donors (Lipinski definition) is 1. The van der Waals surface area contributed by atoms with Crippen molar-refractivity contribution in [1.29, 1.82) is 0 Å². The van der Waals surface area contributed by atoms with Crippen LogP contribution in [0, 0.1) is 0 Å². The van der Waals surface area contributed by atoms with E-state index in [1.165, 1.54) is 28.7 Å². The number of rotatable bonds is 10. The van der Waals surface area contributed by atoms with Gasteiger partial charge in [-0.15, -0.1) is 11.3 Å². The minimum atomic E-state index is -0.0705. The summed E-state index contributed by atoms with van der Waals surface area (Å²) in [6, 6.07) is 18.0. The van der Waals surface area contributed by atoms with Crippen LogP contribution >= 0.6 is 23.1 Å². The van der Waals surface area contributed by atoms with Gasteiger partial charge < -0.3 is 10.1 Å². The Labute approximate surface area is 194 Å². The zero-order chi connectivity index (χ0) is 22.3. The zero-order valence-electron chi connectivity index (χ0n) is 17.9. The SMILES string of the molecule is COCCCn1c(SCC(=O)NCCc2ccccc2)nc2c(sc3ccccc32)c1=O. The number of fused-ring (bicyclic) bond motifs is 3. The van der Waals surface area contributed by atoms with Crippen molar-refractivity contribution in [3.63, 3.8) is 0 Å². The normalized spacial score (nSPS) is 11.3. The number of ether oxygens (including phenoxy) is 1. The summed E-state index contributed by atoms with van der Waals surface area (Å²) in [5.41, 5.74) is 1.84. The van der Waals surface area contributed by atoms with E-state index >= 15 is 0 Å². The second-order valence-electron chi connectivity index (χ2n) is 7.35. The summed E-state index contributed by atoms with van der Waals surface area (Å²) < 4.78 is 8.52. The molecule has 2 aromatic carbocycles. The van der Waals surface area contributed by atoms with Crippen LogP contribution in [0.3, 0.4) is 0 Å². The van der Waals surface area contributed by atoms with Gasteiger partial charge >= 0.3 is 0 Å². The highest BCUT2D eigenvalue weighted by Gasteiger charge is 2.17. The van der Waals surface area contributed by atoms with E-state index in [1.807, 2.05) is 54.6 Å². The van der Waals surface area contributed by atoms with Gasteiger partial charge in [0.2, 0.25) is 5.91 Å². The van der Waals surface area contributed by atoms with E-state index in [0.717, 1.165) is 16.5 Å². The molecule has 0 aliphatic heterocycles. The summed E-state index contributed by atoms with van der Waals surface area (Å²) in [7, 11) is 1.64. The molecule has 0 saturated heterocycles. The molecule has 0 radical (unpaired) electrons. The molecule has 4 aromatic rings. The summed E-state index contributed by atoms with van der Waals surface area (Å²) in [6.45, 7) is 1.63. The first-order valence-electron chi connectivity index (χ1n) is 10.5. The van der Waals surface area contributed by atoms with Crippen molar-refractivity contribution < 1.29 is 9.53 Å². The van der Waals surface area contributed by atoms with Gasteiger partial charge in [0.05, 0.1) is 11.3 Å². The number of methoxy groups -OCH3 is 1. The number of hydrogen-bond acceptors (Lipinski definition) is 6. The van der Waals surface area contributed by atoms with Gasteiger partial charge in [0.1, 0.15) is 4.70 Å². The molecule has 4 rings (SSSR count). The molecule has 166 valence electrons. The van der Waals surface area contributed by atoms with Crippen LogP contribution in [0.25, 0.3) is 20.3 Å². The molecule has 6 nitrogen and oxygen atoms in total. The Morgan fingerprint density at radius 3 is 2.75 bits per heavy atom. The molecule has 1 amide bonds. The molecular weight excluding hydrogens is 442 g/mol. The smallest absolute Gasteiger partial charge is 0.272 e. The first kappa shape index (κ1) is 22.5. The fraction of sp³-hybridized carbons (Fsp3) is 0.292. The van der Waals surface area contributed by atoms with Gasteiger partial charge in [-0.05, 0) is 24.5 Å². The molecule has 0 atom stereocenters. The number of carbonyl (C=O) groups excluding carboxylic acids is 1. The van der Waals surface area contributed by atoms with Crippen LogP contribution in [0.5, 0.6) is 0 Å². The highest BCUT2D eigenvalue weighted by atomic mass is 32.2. The van der Waals surface area contributed by atoms with E-state index in [2.05, 4.69) is 5.32 Å². The summed E-state index contributed by atoms with van der Waals surface area (Å²) in [6.07, 6.45) is 1.48. The fourth-order valence-electron chi connectivity index (χ4n) is 3.50. The standard InChI is InChI=1S/C24H25N3O3S2/c1-30-15-7-14-27-23(29)22-21(18-10-5-6-11-19(18)32-22)26-24(27)31-16-20(28)25-13-12-17-8-3-2-4-9-17/h2-6,8-11H,7,12-16H2,1H3,(H,25,28). The highest BCUT2D eigenvalue weighted by molar-refractivity contribution is 7.99. The second-order valence-corrected chi connectivity index (χ2v) is 9.34. The van der Waals surface area contributed by atoms with Gasteiger partial charge in [-0.1, -0.05) is 60.3 Å². The van der Waals surface area contributed by atoms with Crippen molar-refractivity contribution in [2.24, 2.45) is 0 Å². The molecule has 0 unspecified atom stereocenters. The van der Waals surface area contributed by atoms with Crippen molar-refractivity contribution in [3.05, 3.63) is 70.5 Å². The lowest BCUT2D eigenvalue weighted by molar-refractivity contribution is -0.118. The average Bonchev–Trinajstić information content (AvgIpc) is 3.19. The van der Waals surface area contributed by atoms with E-state index in [9.17, 15) is 9.59 Å². The summed E-state index contributed by atoms with van der Waals surface area (Å²) in [5, 5.41) is 4.50. The van der Waals surface area contributed by atoms with Gasteiger partial charge in [-0.3, -0.25) is 14.2 Å². The number of benzene rings is 2. The molecule has 32 heavy (non-hydrogen) atoms. The Hall–Kier alpha value is -2.68. The molecule has 0 spiro atoms. The van der Waals surface area contributed by atoms with Crippen LogP contribution in [0.1, 0.15) is 12.0 Å². The second kappa shape index (κ2) is 10.8. The number of thioether (sulfide) groups is 1. The van der Waals surface area contributed by atoms with Crippen molar-refractivity contribution >= 4 is 49.3 Å². The van der Waals surface area contributed by atoms with E-state index in [-0.39, 0.29) is 17.2 Å². The molecule has 0 aliphatic rings. The summed E-state index contributed by atoms with van der Waals surface area (Å²) >= 11 is 2.77. The first-order chi connectivity index (χ1) is 15.7. The van der Waals surface area contributed by atoms with Gasteiger partial charge in [-0.2, -0.15) is 0 Å². The quantitative estimate of drug-likeness (QED) is 0.216. The number of amides is 1. The molecule has 0 aliphatic carbocycles. The molecule has 0 bridgehead atoms. The summed E-state index contributed by atoms with van der Waals surface area (Å²) in [4.78, 5) is 30.5. The molecule has 0 saturated carbocycles. The van der Waals surface area contributed by atoms with Gasteiger partial charge in [0.25, 0.3) is 5.56 Å². The number of nitrogens with one attached hydrogen (secondary N) is 1. The largest absolute Gasteiger partial charge is 0.385 e. The zero-order valence-corrected chi connectivity index (χ0v) is 19.5. The Morgan fingerprint density at radius 1 is 1.16 bits per heavy atom. The Balaban J connectivity index is 1.51. The van der Waals surface area contributed by atoms with Crippen LogP contribution in [-0.4, -0.2) is 41.5 Å². The minimum Gasteiger partial charge on any atom is -0.385 e. The van der Waals surface area contributed by atoms with Crippen LogP contribution in [0.2, 0.25) is 0 Å². The van der Waals surface area contributed by atoms with E-state index in [1.54, 1.807) is 11.7 Å². The van der Waals surface area contributed by atoms with Gasteiger partial charge in [0.15, 0.2) is 5.16 Å². The van der Waals surface area contributed by atoms with Gasteiger partial charge in [-0.25, -0.2) is 4.98 Å². The van der Waals surface area contributed by atoms with E-state index < -0.39 is 0 Å². The third-order valence-corrected chi connectivity index (χ3v) is 7.21. The monoisotopic (exact) mass is 467 g/mol. The maximum Gasteiger partial charge on any atom is 0.272 e. The molecule has 2 heterocycles. The van der Waals surface area contributed by atoms with Crippen LogP contribution in [-0.2, 0) is 22.5 Å². The van der Waals surface area contributed by atoms with Gasteiger partial charge in [0, 0.05) is 36.9 Å². The highest BCUT2D eigenvalue weighted by Crippen LogP contribution is 2.31. The van der Waals surface area contributed by atoms with Crippen LogP contribution < -0.4 is 10.9 Å². The predicted molar refractivity (Wildman–Crippen MR) is 132 cm³/mol. The number of thiophene rings is 1. The lowest BCUT2D eigenvalue weighted by Gasteiger charge is -2.12. The lowest BCUT2D eigenvalue weighted by atomic mass is 10.1. The lowest BCUT2D eigenvalue weighted by Crippen LogP contribution is -2.28. The third kappa shape index (κ3) is 5.20. The number of carbonyl (C=O) groups is 1. The predicted octanol–water partition coefficient (Wildman–Crippen LogP) is 4.10. The van der Waals surface area contributed by atoms with Crippen molar-refractivity contribution in [2.45, 2.75) is 24.5 Å². The number of nitrogens with zero attached hydrogens (tertiary/aromatic N) is 2. The molecule has 1 N–H and O–H groups in total. The topological polar surface area (TPSA) is 73.2 Å². The maximum absolute atomic E-state index is 13.3.